The molecule has 0 radical (unpaired) electrons. The van der Waals surface area contributed by atoms with Crippen LogP contribution < -0.4 is 5.73 Å². The van der Waals surface area contributed by atoms with Crippen LogP contribution in [0.15, 0.2) is 30.3 Å². The van der Waals surface area contributed by atoms with Crippen LogP contribution in [0.2, 0.25) is 0 Å². The third kappa shape index (κ3) is 5.03. The third-order valence-electron chi connectivity index (χ3n) is 1.62. The molecule has 0 aliphatic heterocycles. The van der Waals surface area contributed by atoms with Crippen molar-refractivity contribution in [3.63, 3.8) is 0 Å². The van der Waals surface area contributed by atoms with Crippen LogP contribution in [0, 0.1) is 0 Å². The summed E-state index contributed by atoms with van der Waals surface area (Å²) in [6.45, 7) is 0. The van der Waals surface area contributed by atoms with Crippen LogP contribution in [-0.4, -0.2) is 75.3 Å². The molecule has 0 bridgehead atoms. The molecule has 1 rings (SSSR count). The summed E-state index contributed by atoms with van der Waals surface area (Å²) < 4.78 is 0. The van der Waals surface area contributed by atoms with Crippen LogP contribution in [0.4, 0.5) is 0 Å². The third-order valence-corrected chi connectivity index (χ3v) is 1.62. The molecule has 0 aromatic heterocycles. The van der Waals surface area contributed by atoms with Crippen molar-refractivity contribution in [3.05, 3.63) is 35.9 Å². The van der Waals surface area contributed by atoms with Crippen molar-refractivity contribution in [1.82, 2.24) is 0 Å². The van der Waals surface area contributed by atoms with Crippen LogP contribution in [0.25, 0.3) is 0 Å². The second-order valence-corrected chi connectivity index (χ2v) is 2.63. The number of benzene rings is 1. The maximum atomic E-state index is 10.4. The minimum absolute atomic E-state index is 0. The second-order valence-electron chi connectivity index (χ2n) is 2.63. The molecule has 4 heteroatoms. The number of hydrogen-bond donors (Lipinski definition) is 2. The Morgan fingerprint density at radius 2 is 1.92 bits per heavy atom. The average molecular weight is 252 g/mol. The molecule has 0 saturated heterocycles. The van der Waals surface area contributed by atoms with Crippen LogP contribution in [-0.2, 0) is 11.2 Å². The summed E-state index contributed by atoms with van der Waals surface area (Å²) in [6.07, 6.45) is 0.385. The summed E-state index contributed by atoms with van der Waals surface area (Å²) in [6, 6.07) is 8.54. The Hall–Kier alpha value is 0.455. The normalized spacial score (nSPS) is 11.5. The van der Waals surface area contributed by atoms with Gasteiger partial charge in [-0.2, -0.15) is 0 Å². The molecule has 0 spiro atoms. The molecule has 66 valence electrons. The quantitative estimate of drug-likeness (QED) is 0.795. The fourth-order valence-corrected chi connectivity index (χ4v) is 0.955. The predicted molar refractivity (Wildman–Crippen MR) is 52.9 cm³/mol. The van der Waals surface area contributed by atoms with Gasteiger partial charge in [-0.15, -0.1) is 0 Å². The standard InChI is InChI=1S/C9H11NO2.Rb.H/c10-8(9(11)12)6-7-4-2-1-3-5-7;;/h1-5,8H,6,10H2,(H,11,12);;/t8-;;/m0../s1. The Bertz CT molecular complexity index is 264. The number of nitrogens with two attached hydrogens (primary N) is 1. The average Bonchev–Trinajstić information content (AvgIpc) is 2.06. The Kier molecular flexibility index (Phi) is 7.08. The molecule has 0 amide bonds. The van der Waals surface area contributed by atoms with Gasteiger partial charge in [-0.25, -0.2) is 0 Å². The maximum absolute atomic E-state index is 10.4. The van der Waals surface area contributed by atoms with E-state index in [9.17, 15) is 4.79 Å². The van der Waals surface area contributed by atoms with Gasteiger partial charge in [0.2, 0.25) is 0 Å². The van der Waals surface area contributed by atoms with E-state index in [0.29, 0.717) is 6.42 Å². The summed E-state index contributed by atoms with van der Waals surface area (Å²) >= 11 is 0. The fraction of sp³-hybridized carbons (Fsp3) is 0.222. The van der Waals surface area contributed by atoms with Crippen molar-refractivity contribution < 1.29 is 9.90 Å². The van der Waals surface area contributed by atoms with Gasteiger partial charge in [0.15, 0.2) is 0 Å². The summed E-state index contributed by atoms with van der Waals surface area (Å²) in [5, 5.41) is 8.52. The van der Waals surface area contributed by atoms with Crippen molar-refractivity contribution in [2.24, 2.45) is 5.73 Å². The van der Waals surface area contributed by atoms with E-state index < -0.39 is 12.0 Å². The molecule has 3 N–H and O–H groups in total. The number of carboxylic acid groups (broad SMARTS) is 1. The zero-order chi connectivity index (χ0) is 8.97. The minimum atomic E-state index is -0.959. The number of carbonyl (C=O) groups is 1. The number of carboxylic acids is 1. The van der Waals surface area contributed by atoms with Gasteiger partial charge in [-0.05, 0) is 12.0 Å². The molecule has 0 aliphatic rings. The Morgan fingerprint density at radius 1 is 1.38 bits per heavy atom. The second kappa shape index (κ2) is 6.84. The first-order chi connectivity index (χ1) is 5.70. The Balaban J connectivity index is 0.00000144. The fourth-order valence-electron chi connectivity index (χ4n) is 0.955. The van der Waals surface area contributed by atoms with Crippen molar-refractivity contribution in [2.75, 3.05) is 0 Å². The number of rotatable bonds is 3. The van der Waals surface area contributed by atoms with E-state index in [4.69, 9.17) is 10.8 Å². The monoisotopic (exact) mass is 251 g/mol. The molecule has 1 atom stereocenters. The molecular formula is C9H12NO2Rb. The molecule has 0 unspecified atom stereocenters. The molecule has 3 nitrogen and oxygen atoms in total. The van der Waals surface area contributed by atoms with Crippen LogP contribution in [0.3, 0.4) is 0 Å². The van der Waals surface area contributed by atoms with Crippen molar-refractivity contribution in [3.8, 4) is 0 Å². The van der Waals surface area contributed by atoms with E-state index in [1.165, 1.54) is 0 Å². The molecule has 0 saturated carbocycles. The van der Waals surface area contributed by atoms with E-state index in [1.54, 1.807) is 0 Å². The summed E-state index contributed by atoms with van der Waals surface area (Å²) in [7, 11) is 0. The van der Waals surface area contributed by atoms with Crippen LogP contribution in [0.1, 0.15) is 5.56 Å². The van der Waals surface area contributed by atoms with E-state index in [1.807, 2.05) is 30.3 Å². The topological polar surface area (TPSA) is 63.3 Å². The molecule has 13 heavy (non-hydrogen) atoms. The van der Waals surface area contributed by atoms with E-state index in [2.05, 4.69) is 0 Å². The van der Waals surface area contributed by atoms with Gasteiger partial charge in [-0.1, -0.05) is 30.3 Å². The van der Waals surface area contributed by atoms with Crippen molar-refractivity contribution in [2.45, 2.75) is 12.5 Å². The molecule has 0 heterocycles. The van der Waals surface area contributed by atoms with Crippen LogP contribution >= 0.6 is 0 Å². The van der Waals surface area contributed by atoms with Gasteiger partial charge >= 0.3 is 64.2 Å². The van der Waals surface area contributed by atoms with E-state index >= 15 is 0 Å². The van der Waals surface area contributed by atoms with Gasteiger partial charge < -0.3 is 10.8 Å². The summed E-state index contributed by atoms with van der Waals surface area (Å²) in [4.78, 5) is 10.4. The molecular weight excluding hydrogens is 240 g/mol. The van der Waals surface area contributed by atoms with Crippen molar-refractivity contribution >= 4 is 64.2 Å². The van der Waals surface area contributed by atoms with E-state index in [0.717, 1.165) is 5.56 Å². The molecule has 1 aromatic rings. The predicted octanol–water partition coefficient (Wildman–Crippen LogP) is -0.00750. The first kappa shape index (κ1) is 13.5. The first-order valence-electron chi connectivity index (χ1n) is 3.72. The zero-order valence-electron chi connectivity index (χ0n) is 6.60. The zero-order valence-corrected chi connectivity index (χ0v) is 6.60. The van der Waals surface area contributed by atoms with Gasteiger partial charge in [0.25, 0.3) is 0 Å². The van der Waals surface area contributed by atoms with Gasteiger partial charge in [-0.3, -0.25) is 4.79 Å². The molecule has 0 fully saturated rings. The Labute approximate surface area is 126 Å². The van der Waals surface area contributed by atoms with Crippen LogP contribution in [0.5, 0.6) is 0 Å². The van der Waals surface area contributed by atoms with Gasteiger partial charge in [0, 0.05) is 0 Å². The summed E-state index contributed by atoms with van der Waals surface area (Å²) in [5.41, 5.74) is 6.30. The number of hydrogen-bond acceptors (Lipinski definition) is 2. The van der Waals surface area contributed by atoms with Crippen molar-refractivity contribution in [1.29, 1.82) is 0 Å². The summed E-state index contributed by atoms with van der Waals surface area (Å²) in [5.74, 6) is -0.959. The molecule has 0 aliphatic carbocycles. The SMILES string of the molecule is N[C@@H](Cc1ccccc1)C(=O)O.[RbH]. The van der Waals surface area contributed by atoms with E-state index in [-0.39, 0.29) is 58.2 Å². The first-order valence-corrected chi connectivity index (χ1v) is 3.72. The molecule has 1 aromatic carbocycles. The van der Waals surface area contributed by atoms with Gasteiger partial charge in [0.05, 0.1) is 0 Å². The Morgan fingerprint density at radius 3 is 2.38 bits per heavy atom. The number of aliphatic carboxylic acids is 1. The van der Waals surface area contributed by atoms with Gasteiger partial charge in [0.1, 0.15) is 6.04 Å².